The summed E-state index contributed by atoms with van der Waals surface area (Å²) in [7, 11) is 0. The van der Waals surface area contributed by atoms with E-state index in [2.05, 4.69) is 15.9 Å². The van der Waals surface area contributed by atoms with Crippen LogP contribution in [-0.4, -0.2) is 50.3 Å². The van der Waals surface area contributed by atoms with Gasteiger partial charge in [0, 0.05) is 45.4 Å². The topological polar surface area (TPSA) is 39.5 Å². The lowest BCUT2D eigenvalue weighted by atomic mass is 10.1. The van der Waals surface area contributed by atoms with Crippen molar-refractivity contribution < 1.29 is 9.13 Å². The van der Waals surface area contributed by atoms with Crippen LogP contribution in [0.5, 0.6) is 0 Å². The Morgan fingerprint density at radius 2 is 1.95 bits per heavy atom. The van der Waals surface area contributed by atoms with E-state index < -0.39 is 0 Å². The number of halogens is 1. The van der Waals surface area contributed by atoms with Gasteiger partial charge >= 0.3 is 0 Å². The second-order valence-electron chi connectivity index (χ2n) is 5.99. The quantitative estimate of drug-likeness (QED) is 0.841. The largest absolute Gasteiger partial charge is 0.381 e. The highest BCUT2D eigenvalue weighted by Crippen LogP contribution is 2.24. The summed E-state index contributed by atoms with van der Waals surface area (Å²) in [5, 5.41) is 9.23. The van der Waals surface area contributed by atoms with Crippen molar-refractivity contribution in [3.05, 3.63) is 29.6 Å². The molecule has 0 atom stereocenters. The van der Waals surface area contributed by atoms with Crippen LogP contribution in [0, 0.1) is 17.1 Å². The number of benzene rings is 1. The average Bonchev–Trinajstić information content (AvgIpc) is 2.81. The highest BCUT2D eigenvalue weighted by molar-refractivity contribution is 5.59. The van der Waals surface area contributed by atoms with Gasteiger partial charge in [-0.05, 0) is 37.5 Å². The van der Waals surface area contributed by atoms with Gasteiger partial charge in [0.05, 0.1) is 11.3 Å². The zero-order valence-corrected chi connectivity index (χ0v) is 12.8. The van der Waals surface area contributed by atoms with Crippen LogP contribution in [0.2, 0.25) is 0 Å². The summed E-state index contributed by atoms with van der Waals surface area (Å²) in [6.45, 7) is 5.61. The molecule has 22 heavy (non-hydrogen) atoms. The Hall–Kier alpha value is -1.64. The molecule has 2 aliphatic rings. The van der Waals surface area contributed by atoms with Gasteiger partial charge in [-0.1, -0.05) is 0 Å². The van der Waals surface area contributed by atoms with Crippen LogP contribution < -0.4 is 4.90 Å². The molecular formula is C17H22FN3O. The van der Waals surface area contributed by atoms with E-state index in [-0.39, 0.29) is 5.82 Å². The molecule has 2 fully saturated rings. The molecule has 0 aromatic heterocycles. The molecule has 0 bridgehead atoms. The lowest BCUT2D eigenvalue weighted by Crippen LogP contribution is -2.41. The van der Waals surface area contributed by atoms with Crippen molar-refractivity contribution in [1.29, 1.82) is 5.26 Å². The normalized spacial score (nSPS) is 21.4. The number of hydrogen-bond donors (Lipinski definition) is 0. The molecule has 2 saturated heterocycles. The molecule has 0 saturated carbocycles. The summed E-state index contributed by atoms with van der Waals surface area (Å²) < 4.78 is 18.7. The first-order valence-electron chi connectivity index (χ1n) is 8.04. The van der Waals surface area contributed by atoms with Gasteiger partial charge in [0.2, 0.25) is 0 Å². The van der Waals surface area contributed by atoms with Crippen LogP contribution >= 0.6 is 0 Å². The Morgan fingerprint density at radius 1 is 1.14 bits per heavy atom. The minimum atomic E-state index is -0.348. The van der Waals surface area contributed by atoms with Gasteiger partial charge < -0.3 is 9.64 Å². The molecule has 118 valence electrons. The first kappa shape index (κ1) is 15.3. The third-order valence-electron chi connectivity index (χ3n) is 4.66. The third-order valence-corrected chi connectivity index (χ3v) is 4.66. The molecule has 0 unspecified atom stereocenters. The molecular weight excluding hydrogens is 281 g/mol. The van der Waals surface area contributed by atoms with Crippen molar-refractivity contribution in [2.75, 3.05) is 44.3 Å². The van der Waals surface area contributed by atoms with Crippen LogP contribution in [0.25, 0.3) is 0 Å². The minimum Gasteiger partial charge on any atom is -0.381 e. The number of anilines is 1. The van der Waals surface area contributed by atoms with Crippen molar-refractivity contribution in [3.8, 4) is 6.07 Å². The van der Waals surface area contributed by atoms with Gasteiger partial charge in [-0.15, -0.1) is 0 Å². The Balaban J connectivity index is 1.69. The molecule has 1 aromatic carbocycles. The summed E-state index contributed by atoms with van der Waals surface area (Å²) in [4.78, 5) is 4.77. The molecule has 3 rings (SSSR count). The van der Waals surface area contributed by atoms with Crippen molar-refractivity contribution in [1.82, 2.24) is 4.90 Å². The maximum Gasteiger partial charge on any atom is 0.124 e. The minimum absolute atomic E-state index is 0.348. The van der Waals surface area contributed by atoms with E-state index in [1.54, 1.807) is 6.07 Å². The van der Waals surface area contributed by atoms with E-state index in [1.165, 1.54) is 12.1 Å². The molecule has 5 heteroatoms. The monoisotopic (exact) mass is 303 g/mol. The summed E-state index contributed by atoms with van der Waals surface area (Å²) >= 11 is 0. The molecule has 0 spiro atoms. The van der Waals surface area contributed by atoms with E-state index in [0.29, 0.717) is 11.6 Å². The van der Waals surface area contributed by atoms with E-state index in [4.69, 9.17) is 4.74 Å². The first-order chi connectivity index (χ1) is 10.8. The number of nitrogens with zero attached hydrogens (tertiary/aromatic N) is 3. The van der Waals surface area contributed by atoms with Gasteiger partial charge in [-0.3, -0.25) is 4.90 Å². The lowest BCUT2D eigenvalue weighted by molar-refractivity contribution is 0.0365. The summed E-state index contributed by atoms with van der Waals surface area (Å²) in [5.74, 6) is -0.348. The number of hydrogen-bond acceptors (Lipinski definition) is 4. The third kappa shape index (κ3) is 3.40. The highest BCUT2D eigenvalue weighted by atomic mass is 19.1. The zero-order chi connectivity index (χ0) is 15.4. The maximum absolute atomic E-state index is 13.3. The first-order valence-corrected chi connectivity index (χ1v) is 8.04. The Morgan fingerprint density at radius 3 is 2.73 bits per heavy atom. The van der Waals surface area contributed by atoms with Crippen LogP contribution in [0.1, 0.15) is 24.8 Å². The SMILES string of the molecule is N#Cc1cc(F)ccc1N1CCCN(C2CCOCC2)CC1. The maximum atomic E-state index is 13.3. The predicted molar refractivity (Wildman–Crippen MR) is 83.4 cm³/mol. The summed E-state index contributed by atoms with van der Waals surface area (Å²) in [5.41, 5.74) is 1.29. The smallest absolute Gasteiger partial charge is 0.124 e. The average molecular weight is 303 g/mol. The fourth-order valence-corrected chi connectivity index (χ4v) is 3.47. The van der Waals surface area contributed by atoms with E-state index >= 15 is 0 Å². The van der Waals surface area contributed by atoms with Crippen LogP contribution in [-0.2, 0) is 4.74 Å². The number of rotatable bonds is 2. The van der Waals surface area contributed by atoms with E-state index in [0.717, 1.165) is 64.3 Å². The van der Waals surface area contributed by atoms with Gasteiger partial charge in [0.15, 0.2) is 0 Å². The Bertz CT molecular complexity index is 551. The Kier molecular flexibility index (Phi) is 4.91. The van der Waals surface area contributed by atoms with E-state index in [9.17, 15) is 9.65 Å². The van der Waals surface area contributed by atoms with Gasteiger partial charge in [-0.2, -0.15) is 5.26 Å². The van der Waals surface area contributed by atoms with Gasteiger partial charge in [0.25, 0.3) is 0 Å². The second-order valence-corrected chi connectivity index (χ2v) is 5.99. The number of nitriles is 1. The fraction of sp³-hybridized carbons (Fsp3) is 0.588. The van der Waals surface area contributed by atoms with Crippen LogP contribution in [0.15, 0.2) is 18.2 Å². The highest BCUT2D eigenvalue weighted by Gasteiger charge is 2.24. The van der Waals surface area contributed by atoms with Gasteiger partial charge in [0.1, 0.15) is 11.9 Å². The molecule has 0 N–H and O–H groups in total. The molecule has 2 aliphatic heterocycles. The number of ether oxygens (including phenoxy) is 1. The van der Waals surface area contributed by atoms with Crippen molar-refractivity contribution in [2.24, 2.45) is 0 Å². The molecule has 1 aromatic rings. The van der Waals surface area contributed by atoms with Gasteiger partial charge in [-0.25, -0.2) is 4.39 Å². The summed E-state index contributed by atoms with van der Waals surface area (Å²) in [6.07, 6.45) is 3.29. The fourth-order valence-electron chi connectivity index (χ4n) is 3.47. The van der Waals surface area contributed by atoms with Crippen molar-refractivity contribution >= 4 is 5.69 Å². The second kappa shape index (κ2) is 7.08. The molecule has 2 heterocycles. The molecule has 4 nitrogen and oxygen atoms in total. The molecule has 0 aliphatic carbocycles. The predicted octanol–water partition coefficient (Wildman–Crippen LogP) is 2.39. The van der Waals surface area contributed by atoms with Crippen LogP contribution in [0.3, 0.4) is 0 Å². The Labute approximate surface area is 131 Å². The van der Waals surface area contributed by atoms with Crippen molar-refractivity contribution in [2.45, 2.75) is 25.3 Å². The zero-order valence-electron chi connectivity index (χ0n) is 12.8. The van der Waals surface area contributed by atoms with Crippen molar-refractivity contribution in [3.63, 3.8) is 0 Å². The lowest BCUT2D eigenvalue weighted by Gasteiger charge is -2.33. The standard InChI is InChI=1S/C17H22FN3O/c18-15-2-3-17(14(12-15)13-19)21-7-1-6-20(8-9-21)16-4-10-22-11-5-16/h2-3,12,16H,1,4-11H2. The van der Waals surface area contributed by atoms with Crippen LogP contribution in [0.4, 0.5) is 10.1 Å². The molecule has 0 radical (unpaired) electrons. The summed E-state index contributed by atoms with van der Waals surface area (Å²) in [6, 6.07) is 7.25. The van der Waals surface area contributed by atoms with E-state index in [1.807, 2.05) is 0 Å². The molecule has 0 amide bonds.